The van der Waals surface area contributed by atoms with Crippen molar-refractivity contribution in [1.82, 2.24) is 9.78 Å². The van der Waals surface area contributed by atoms with Gasteiger partial charge < -0.3 is 5.32 Å². The fraction of sp³-hybridized carbons (Fsp3) is 0.0833. The molecule has 33 heavy (non-hydrogen) atoms. The molecule has 0 fully saturated rings. The Kier molecular flexibility index (Phi) is 6.19. The fourth-order valence-electron chi connectivity index (χ4n) is 3.25. The first-order chi connectivity index (χ1) is 15.6. The Morgan fingerprint density at radius 3 is 2.30 bits per heavy atom. The molecule has 0 saturated carbocycles. The van der Waals surface area contributed by atoms with Crippen LogP contribution in [-0.4, -0.2) is 15.7 Å². The average Bonchev–Trinajstić information content (AvgIpc) is 3.22. The molecule has 3 aromatic carbocycles. The summed E-state index contributed by atoms with van der Waals surface area (Å²) in [6.07, 6.45) is -4.63. The number of para-hydroxylation sites is 1. The van der Waals surface area contributed by atoms with Gasteiger partial charge in [-0.15, -0.1) is 0 Å². The third kappa shape index (κ3) is 4.89. The number of hydrogen-bond acceptors (Lipinski definition) is 2. The van der Waals surface area contributed by atoms with Gasteiger partial charge in [-0.3, -0.25) is 4.79 Å². The standard InChI is InChI=1S/C24H16Cl2F3N3O/c1-14-6-11-17(25)19(12-14)30-23(33)16-9-7-15(8-10-16)21-13-22(24(27,28)29)31-32(21)20-5-3-2-4-18(20)26/h2-13H,1H3,(H,30,33). The van der Waals surface area contributed by atoms with Gasteiger partial charge in [0.05, 0.1) is 27.1 Å². The van der Waals surface area contributed by atoms with E-state index in [0.717, 1.165) is 16.3 Å². The number of carbonyl (C=O) groups excluding carboxylic acids is 1. The fourth-order valence-corrected chi connectivity index (χ4v) is 3.63. The van der Waals surface area contributed by atoms with E-state index in [4.69, 9.17) is 23.2 Å². The Labute approximate surface area is 197 Å². The predicted molar refractivity (Wildman–Crippen MR) is 123 cm³/mol. The van der Waals surface area contributed by atoms with Gasteiger partial charge in [-0.2, -0.15) is 18.3 Å². The lowest BCUT2D eigenvalue weighted by Gasteiger charge is -2.11. The summed E-state index contributed by atoms with van der Waals surface area (Å²) in [7, 11) is 0. The lowest BCUT2D eigenvalue weighted by Crippen LogP contribution is -2.12. The normalized spacial score (nSPS) is 11.5. The van der Waals surface area contributed by atoms with Gasteiger partial charge in [0.1, 0.15) is 0 Å². The molecule has 0 spiro atoms. The molecule has 0 bridgehead atoms. The van der Waals surface area contributed by atoms with Crippen molar-refractivity contribution in [3.05, 3.63) is 99.7 Å². The van der Waals surface area contributed by atoms with Crippen molar-refractivity contribution in [3.63, 3.8) is 0 Å². The summed E-state index contributed by atoms with van der Waals surface area (Å²) in [4.78, 5) is 12.6. The topological polar surface area (TPSA) is 46.9 Å². The van der Waals surface area contributed by atoms with Crippen LogP contribution in [-0.2, 0) is 6.18 Å². The maximum absolute atomic E-state index is 13.4. The molecule has 1 aromatic heterocycles. The predicted octanol–water partition coefficient (Wildman–Crippen LogP) is 7.43. The van der Waals surface area contributed by atoms with Crippen LogP contribution in [0.15, 0.2) is 72.8 Å². The summed E-state index contributed by atoms with van der Waals surface area (Å²) >= 11 is 12.3. The number of nitrogens with one attached hydrogen (secondary N) is 1. The molecule has 0 radical (unpaired) electrons. The number of amides is 1. The first-order valence-electron chi connectivity index (χ1n) is 9.73. The third-order valence-electron chi connectivity index (χ3n) is 4.89. The molecule has 1 amide bonds. The zero-order valence-corrected chi connectivity index (χ0v) is 18.6. The largest absolute Gasteiger partial charge is 0.435 e. The van der Waals surface area contributed by atoms with Gasteiger partial charge in [-0.1, -0.05) is 53.5 Å². The second kappa shape index (κ2) is 8.92. The summed E-state index contributed by atoms with van der Waals surface area (Å²) in [5, 5.41) is 7.12. The van der Waals surface area contributed by atoms with Crippen LogP contribution in [0.1, 0.15) is 21.6 Å². The van der Waals surface area contributed by atoms with Gasteiger partial charge >= 0.3 is 6.18 Å². The molecular weight excluding hydrogens is 474 g/mol. The zero-order valence-electron chi connectivity index (χ0n) is 17.1. The highest BCUT2D eigenvalue weighted by atomic mass is 35.5. The van der Waals surface area contributed by atoms with Crippen LogP contribution in [0.5, 0.6) is 0 Å². The molecule has 0 aliphatic rings. The molecule has 0 atom stereocenters. The minimum atomic E-state index is -4.63. The number of aryl methyl sites for hydroxylation is 1. The van der Waals surface area contributed by atoms with Crippen molar-refractivity contribution in [1.29, 1.82) is 0 Å². The minimum absolute atomic E-state index is 0.184. The van der Waals surface area contributed by atoms with Crippen molar-refractivity contribution in [2.45, 2.75) is 13.1 Å². The van der Waals surface area contributed by atoms with Crippen LogP contribution in [0.2, 0.25) is 10.0 Å². The number of anilines is 1. The summed E-state index contributed by atoms with van der Waals surface area (Å²) < 4.78 is 41.3. The van der Waals surface area contributed by atoms with Crippen LogP contribution < -0.4 is 5.32 Å². The summed E-state index contributed by atoms with van der Waals surface area (Å²) in [5.74, 6) is -0.398. The van der Waals surface area contributed by atoms with Gasteiger partial charge in [0, 0.05) is 11.1 Å². The maximum Gasteiger partial charge on any atom is 0.435 e. The molecule has 4 rings (SSSR count). The highest BCUT2D eigenvalue weighted by Gasteiger charge is 2.35. The van der Waals surface area contributed by atoms with Crippen LogP contribution in [0, 0.1) is 6.92 Å². The first kappa shape index (κ1) is 22.9. The van der Waals surface area contributed by atoms with E-state index in [9.17, 15) is 18.0 Å². The molecule has 1 heterocycles. The van der Waals surface area contributed by atoms with Crippen molar-refractivity contribution >= 4 is 34.8 Å². The second-order valence-electron chi connectivity index (χ2n) is 7.29. The Hall–Kier alpha value is -3.29. The Morgan fingerprint density at radius 1 is 0.939 bits per heavy atom. The average molecular weight is 490 g/mol. The molecule has 0 aliphatic heterocycles. The number of benzene rings is 3. The van der Waals surface area contributed by atoms with E-state index in [1.807, 2.05) is 13.0 Å². The molecule has 0 unspecified atom stereocenters. The van der Waals surface area contributed by atoms with Crippen molar-refractivity contribution in [2.75, 3.05) is 5.32 Å². The van der Waals surface area contributed by atoms with Gasteiger partial charge in [0.2, 0.25) is 0 Å². The molecule has 0 saturated heterocycles. The molecule has 4 nitrogen and oxygen atoms in total. The number of alkyl halides is 3. The van der Waals surface area contributed by atoms with Crippen molar-refractivity contribution < 1.29 is 18.0 Å². The Morgan fingerprint density at radius 2 is 1.64 bits per heavy atom. The Bertz CT molecular complexity index is 1330. The van der Waals surface area contributed by atoms with Gasteiger partial charge in [0.15, 0.2) is 5.69 Å². The van der Waals surface area contributed by atoms with Crippen molar-refractivity contribution in [2.24, 2.45) is 0 Å². The van der Waals surface area contributed by atoms with E-state index in [2.05, 4.69) is 10.4 Å². The van der Waals surface area contributed by atoms with E-state index < -0.39 is 17.8 Å². The van der Waals surface area contributed by atoms with Gasteiger partial charge in [-0.05, 0) is 55.0 Å². The van der Waals surface area contributed by atoms with Crippen LogP contribution >= 0.6 is 23.2 Å². The number of carbonyl (C=O) groups is 1. The maximum atomic E-state index is 13.4. The number of aromatic nitrogens is 2. The molecule has 4 aromatic rings. The summed E-state index contributed by atoms with van der Waals surface area (Å²) in [5.41, 5.74) is 1.59. The first-order valence-corrected chi connectivity index (χ1v) is 10.5. The zero-order chi connectivity index (χ0) is 23.8. The molecule has 9 heteroatoms. The third-order valence-corrected chi connectivity index (χ3v) is 5.54. The summed E-state index contributed by atoms with van der Waals surface area (Å²) in [6.45, 7) is 1.87. The lowest BCUT2D eigenvalue weighted by atomic mass is 10.1. The quantitative estimate of drug-likeness (QED) is 0.324. The number of rotatable bonds is 4. The van der Waals surface area contributed by atoms with E-state index >= 15 is 0 Å². The smallest absolute Gasteiger partial charge is 0.321 e. The Balaban J connectivity index is 1.69. The number of halogens is 5. The van der Waals surface area contributed by atoms with E-state index in [1.54, 1.807) is 48.5 Å². The highest BCUT2D eigenvalue weighted by molar-refractivity contribution is 6.34. The van der Waals surface area contributed by atoms with E-state index in [1.165, 1.54) is 12.1 Å². The monoisotopic (exact) mass is 489 g/mol. The molecular formula is C24H16Cl2F3N3O. The summed E-state index contributed by atoms with van der Waals surface area (Å²) in [6, 6.07) is 18.8. The lowest BCUT2D eigenvalue weighted by molar-refractivity contribution is -0.141. The SMILES string of the molecule is Cc1ccc(Cl)c(NC(=O)c2ccc(-c3cc(C(F)(F)F)nn3-c3ccccc3Cl)cc2)c1. The minimum Gasteiger partial charge on any atom is -0.321 e. The second-order valence-corrected chi connectivity index (χ2v) is 8.10. The van der Waals surface area contributed by atoms with Crippen molar-refractivity contribution in [3.8, 4) is 16.9 Å². The van der Waals surface area contributed by atoms with Crippen LogP contribution in [0.4, 0.5) is 18.9 Å². The van der Waals surface area contributed by atoms with Crippen LogP contribution in [0.25, 0.3) is 16.9 Å². The molecule has 168 valence electrons. The van der Waals surface area contributed by atoms with Crippen LogP contribution in [0.3, 0.4) is 0 Å². The molecule has 0 aliphatic carbocycles. The molecule has 1 N–H and O–H groups in total. The van der Waals surface area contributed by atoms with E-state index in [0.29, 0.717) is 27.5 Å². The van der Waals surface area contributed by atoms with E-state index in [-0.39, 0.29) is 10.7 Å². The van der Waals surface area contributed by atoms with Gasteiger partial charge in [-0.25, -0.2) is 4.68 Å². The van der Waals surface area contributed by atoms with Gasteiger partial charge in [0.25, 0.3) is 5.91 Å². The number of hydrogen-bond donors (Lipinski definition) is 1. The highest BCUT2D eigenvalue weighted by Crippen LogP contribution is 2.34. The number of nitrogens with zero attached hydrogens (tertiary/aromatic N) is 2.